The van der Waals surface area contributed by atoms with Crippen LogP contribution in [0.15, 0.2) is 0 Å². The van der Waals surface area contributed by atoms with Gasteiger partial charge >= 0.3 is 11.9 Å². The van der Waals surface area contributed by atoms with Gasteiger partial charge in [0.05, 0.1) is 27.7 Å². The number of hydrogen-bond donors (Lipinski definition) is 0. The van der Waals surface area contributed by atoms with E-state index in [-0.39, 0.29) is 26.1 Å². The maximum Gasteiger partial charge on any atom is 0.306 e. The van der Waals surface area contributed by atoms with Gasteiger partial charge in [0.2, 0.25) is 0 Å². The first-order valence-corrected chi connectivity index (χ1v) is 20.2. The predicted octanol–water partition coefficient (Wildman–Crippen LogP) is 9.00. The maximum atomic E-state index is 14.1. The van der Waals surface area contributed by atoms with Gasteiger partial charge in [0.1, 0.15) is 25.9 Å². The standard InChI is InChI=1S/C36H71FNO8P/c1-6-8-10-12-13-14-15-16-17-19-23-27-35(39)43-31-34(32-45-47(41,42)44-30-29-38(3,4)5)46-36(40)28-24-20-22-26-33(37)25-21-18-11-9-7-2/h33-34H,6-32H2,1-5H3/t33?,34-/m1/s1. The zero-order valence-electron chi connectivity index (χ0n) is 30.8. The van der Waals surface area contributed by atoms with Crippen molar-refractivity contribution in [2.45, 2.75) is 174 Å². The van der Waals surface area contributed by atoms with Crippen molar-refractivity contribution in [3.05, 3.63) is 0 Å². The van der Waals surface area contributed by atoms with E-state index in [0.717, 1.165) is 38.5 Å². The average molecular weight is 696 g/mol. The molecule has 0 aliphatic carbocycles. The molecule has 0 N–H and O–H groups in total. The second-order valence-electron chi connectivity index (χ2n) is 14.1. The Morgan fingerprint density at radius 2 is 1.11 bits per heavy atom. The Morgan fingerprint density at radius 3 is 1.62 bits per heavy atom. The Labute approximate surface area is 287 Å². The second-order valence-corrected chi connectivity index (χ2v) is 15.5. The number of hydrogen-bond acceptors (Lipinski definition) is 8. The molecular weight excluding hydrogens is 624 g/mol. The number of carbonyl (C=O) groups excluding carboxylic acids is 2. The summed E-state index contributed by atoms with van der Waals surface area (Å²) in [7, 11) is 1.08. The number of quaternary nitrogens is 1. The number of phosphoric ester groups is 1. The summed E-state index contributed by atoms with van der Waals surface area (Å²) in [4.78, 5) is 37.2. The number of esters is 2. The molecule has 0 bridgehead atoms. The SMILES string of the molecule is CCCCCCCCCCCCCC(=O)OC[C@H](COP(=O)([O-])OCC[N+](C)(C)C)OC(=O)CCCCCC(F)CCCCCCC. The number of halogens is 1. The minimum atomic E-state index is -4.65. The molecule has 3 atom stereocenters. The molecule has 0 aliphatic rings. The van der Waals surface area contributed by atoms with Gasteiger partial charge in [-0.3, -0.25) is 14.2 Å². The molecule has 0 saturated heterocycles. The lowest BCUT2D eigenvalue weighted by Crippen LogP contribution is -2.37. The fourth-order valence-electron chi connectivity index (χ4n) is 5.12. The zero-order valence-corrected chi connectivity index (χ0v) is 31.7. The second kappa shape index (κ2) is 29.8. The van der Waals surface area contributed by atoms with Gasteiger partial charge in [-0.1, -0.05) is 123 Å². The van der Waals surface area contributed by atoms with Crippen LogP contribution < -0.4 is 4.89 Å². The molecule has 2 unspecified atom stereocenters. The van der Waals surface area contributed by atoms with Crippen LogP contribution >= 0.6 is 7.82 Å². The molecule has 0 aromatic carbocycles. The molecular formula is C36H71FNO8P. The normalized spacial score (nSPS) is 14.4. The highest BCUT2D eigenvalue weighted by Crippen LogP contribution is 2.38. The Kier molecular flexibility index (Phi) is 29.1. The monoisotopic (exact) mass is 695 g/mol. The van der Waals surface area contributed by atoms with Crippen LogP contribution in [0.2, 0.25) is 0 Å². The third-order valence-electron chi connectivity index (χ3n) is 8.16. The van der Waals surface area contributed by atoms with Crippen LogP contribution in [0.4, 0.5) is 4.39 Å². The van der Waals surface area contributed by atoms with Crippen LogP contribution in [0.25, 0.3) is 0 Å². The summed E-state index contributed by atoms with van der Waals surface area (Å²) in [6.45, 7) is 3.97. The molecule has 0 fully saturated rings. The van der Waals surface area contributed by atoms with E-state index in [1.165, 1.54) is 57.8 Å². The molecule has 0 aliphatic heterocycles. The summed E-state index contributed by atoms with van der Waals surface area (Å²) in [5.74, 6) is -0.961. The third kappa shape index (κ3) is 33.2. The van der Waals surface area contributed by atoms with Gasteiger partial charge in [0.15, 0.2) is 6.10 Å². The highest BCUT2D eigenvalue weighted by Gasteiger charge is 2.21. The van der Waals surface area contributed by atoms with Crippen molar-refractivity contribution in [2.24, 2.45) is 0 Å². The number of rotatable bonds is 34. The molecule has 0 rings (SSSR count). The first kappa shape index (κ1) is 45.9. The highest BCUT2D eigenvalue weighted by molar-refractivity contribution is 7.45. The van der Waals surface area contributed by atoms with Crippen LogP contribution in [-0.2, 0) is 32.7 Å². The molecule has 0 spiro atoms. The van der Waals surface area contributed by atoms with Gasteiger partial charge < -0.3 is 27.9 Å². The topological polar surface area (TPSA) is 111 Å². The Hall–Kier alpha value is -1.06. The van der Waals surface area contributed by atoms with Crippen LogP contribution in [-0.4, -0.2) is 76.2 Å². The van der Waals surface area contributed by atoms with Gasteiger partial charge in [0, 0.05) is 12.8 Å². The summed E-state index contributed by atoms with van der Waals surface area (Å²) in [5.41, 5.74) is 0. The third-order valence-corrected chi connectivity index (χ3v) is 9.13. The van der Waals surface area contributed by atoms with Gasteiger partial charge in [-0.05, 0) is 25.7 Å². The molecule has 0 aromatic rings. The smallest absolute Gasteiger partial charge is 0.306 e. The number of nitrogens with zero attached hydrogens (tertiary/aromatic N) is 1. The summed E-state index contributed by atoms with van der Waals surface area (Å²) in [6, 6.07) is 0. The van der Waals surface area contributed by atoms with Crippen LogP contribution in [0, 0.1) is 0 Å². The number of carbonyl (C=O) groups is 2. The maximum absolute atomic E-state index is 14.1. The minimum absolute atomic E-state index is 0.0543. The van der Waals surface area contributed by atoms with E-state index < -0.39 is 38.6 Å². The van der Waals surface area contributed by atoms with Crippen molar-refractivity contribution in [2.75, 3.05) is 47.5 Å². The largest absolute Gasteiger partial charge is 0.756 e. The van der Waals surface area contributed by atoms with E-state index in [4.69, 9.17) is 18.5 Å². The van der Waals surface area contributed by atoms with Gasteiger partial charge in [-0.25, -0.2) is 4.39 Å². The Balaban J connectivity index is 4.51. The van der Waals surface area contributed by atoms with E-state index in [1.807, 2.05) is 21.1 Å². The molecule has 0 aromatic heterocycles. The molecule has 280 valence electrons. The number of ether oxygens (including phenoxy) is 2. The summed E-state index contributed by atoms with van der Waals surface area (Å²) in [5, 5.41) is 0. The summed E-state index contributed by atoms with van der Waals surface area (Å²) in [6.07, 6.45) is 19.9. The molecule has 0 radical (unpaired) electrons. The van der Waals surface area contributed by atoms with Crippen LogP contribution in [0.3, 0.4) is 0 Å². The number of alkyl halides is 1. The van der Waals surface area contributed by atoms with Crippen LogP contribution in [0.5, 0.6) is 0 Å². The van der Waals surface area contributed by atoms with Gasteiger partial charge in [-0.2, -0.15) is 0 Å². The molecule has 0 heterocycles. The first-order valence-electron chi connectivity index (χ1n) is 18.8. The minimum Gasteiger partial charge on any atom is -0.756 e. The van der Waals surface area contributed by atoms with E-state index in [0.29, 0.717) is 49.6 Å². The van der Waals surface area contributed by atoms with Crippen molar-refractivity contribution in [1.82, 2.24) is 0 Å². The van der Waals surface area contributed by atoms with Crippen molar-refractivity contribution in [3.63, 3.8) is 0 Å². The van der Waals surface area contributed by atoms with E-state index >= 15 is 0 Å². The lowest BCUT2D eigenvalue weighted by atomic mass is 10.0. The van der Waals surface area contributed by atoms with Crippen LogP contribution in [0.1, 0.15) is 162 Å². The van der Waals surface area contributed by atoms with Gasteiger partial charge in [-0.15, -0.1) is 0 Å². The summed E-state index contributed by atoms with van der Waals surface area (Å²) >= 11 is 0. The van der Waals surface area contributed by atoms with Crippen molar-refractivity contribution in [3.8, 4) is 0 Å². The zero-order chi connectivity index (χ0) is 35.2. The van der Waals surface area contributed by atoms with Crippen molar-refractivity contribution < 1.29 is 46.4 Å². The Morgan fingerprint density at radius 1 is 0.660 bits per heavy atom. The fraction of sp³-hybridized carbons (Fsp3) is 0.944. The molecule has 0 amide bonds. The highest BCUT2D eigenvalue weighted by atomic mass is 31.2. The first-order chi connectivity index (χ1) is 22.4. The number of unbranched alkanes of at least 4 members (excludes halogenated alkanes) is 16. The molecule has 0 saturated carbocycles. The van der Waals surface area contributed by atoms with E-state index in [1.54, 1.807) is 0 Å². The van der Waals surface area contributed by atoms with Crippen molar-refractivity contribution >= 4 is 19.8 Å². The quantitative estimate of drug-likeness (QED) is 0.0284. The predicted molar refractivity (Wildman–Crippen MR) is 186 cm³/mol. The van der Waals surface area contributed by atoms with Crippen molar-refractivity contribution in [1.29, 1.82) is 0 Å². The van der Waals surface area contributed by atoms with E-state index in [9.17, 15) is 23.4 Å². The lowest BCUT2D eigenvalue weighted by molar-refractivity contribution is -0.870. The Bertz CT molecular complexity index is 810. The average Bonchev–Trinajstić information content (AvgIpc) is 3.00. The summed E-state index contributed by atoms with van der Waals surface area (Å²) < 4.78 is 47.7. The molecule has 11 heteroatoms. The van der Waals surface area contributed by atoms with Gasteiger partial charge in [0.25, 0.3) is 7.82 Å². The molecule has 47 heavy (non-hydrogen) atoms. The number of phosphoric acid groups is 1. The molecule has 9 nitrogen and oxygen atoms in total. The lowest BCUT2D eigenvalue weighted by Gasteiger charge is -2.28. The fourth-order valence-corrected chi connectivity index (χ4v) is 5.85. The van der Waals surface area contributed by atoms with E-state index in [2.05, 4.69) is 13.8 Å². The number of likely N-dealkylation sites (N-methyl/N-ethyl adjacent to an activating group) is 1.